The smallest absolute Gasteiger partial charge is 0.175 e. The standard InChI is InChI=1S/C15H20BrN3O2/c1-4-21-15-13(16)5-11(6-14(15)20-3)7-17-8-12-9-18-19(2)10-12/h5-6,9-10,17H,4,7-8H2,1-3H3. The number of hydrogen-bond acceptors (Lipinski definition) is 4. The van der Waals surface area contributed by atoms with E-state index in [0.29, 0.717) is 6.61 Å². The van der Waals surface area contributed by atoms with Crippen LogP contribution in [-0.4, -0.2) is 23.5 Å². The minimum atomic E-state index is 0.605. The van der Waals surface area contributed by atoms with Crippen molar-refractivity contribution in [3.63, 3.8) is 0 Å². The molecule has 0 aliphatic heterocycles. The van der Waals surface area contributed by atoms with E-state index in [1.807, 2.05) is 38.5 Å². The topological polar surface area (TPSA) is 48.3 Å². The first-order chi connectivity index (χ1) is 10.1. The lowest BCUT2D eigenvalue weighted by molar-refractivity contribution is 0.308. The second-order valence-corrected chi connectivity index (χ2v) is 5.52. The van der Waals surface area contributed by atoms with E-state index in [0.717, 1.165) is 40.2 Å². The maximum atomic E-state index is 5.59. The Morgan fingerprint density at radius 3 is 2.67 bits per heavy atom. The molecular formula is C15H20BrN3O2. The molecule has 1 aromatic heterocycles. The first-order valence-corrected chi connectivity index (χ1v) is 7.60. The Labute approximate surface area is 133 Å². The van der Waals surface area contributed by atoms with E-state index in [1.165, 1.54) is 0 Å². The van der Waals surface area contributed by atoms with E-state index < -0.39 is 0 Å². The number of ether oxygens (including phenoxy) is 2. The molecule has 0 unspecified atom stereocenters. The SMILES string of the molecule is CCOc1c(Br)cc(CNCc2cnn(C)c2)cc1OC. The molecule has 0 aliphatic rings. The van der Waals surface area contributed by atoms with Crippen LogP contribution in [0.4, 0.5) is 0 Å². The number of nitrogens with zero attached hydrogens (tertiary/aromatic N) is 2. The predicted molar refractivity (Wildman–Crippen MR) is 85.6 cm³/mol. The minimum Gasteiger partial charge on any atom is -0.493 e. The van der Waals surface area contributed by atoms with Crippen molar-refractivity contribution in [2.75, 3.05) is 13.7 Å². The molecule has 1 N–H and O–H groups in total. The van der Waals surface area contributed by atoms with Gasteiger partial charge in [0.1, 0.15) is 0 Å². The monoisotopic (exact) mass is 353 g/mol. The maximum absolute atomic E-state index is 5.59. The lowest BCUT2D eigenvalue weighted by atomic mass is 10.2. The third-order valence-corrected chi connectivity index (χ3v) is 3.58. The maximum Gasteiger partial charge on any atom is 0.175 e. The summed E-state index contributed by atoms with van der Waals surface area (Å²) in [5.74, 6) is 1.49. The molecule has 0 amide bonds. The fourth-order valence-corrected chi connectivity index (χ4v) is 2.68. The number of hydrogen-bond donors (Lipinski definition) is 1. The van der Waals surface area contributed by atoms with Gasteiger partial charge in [-0.1, -0.05) is 0 Å². The van der Waals surface area contributed by atoms with Gasteiger partial charge in [-0.2, -0.15) is 5.10 Å². The summed E-state index contributed by atoms with van der Waals surface area (Å²) in [5, 5.41) is 7.54. The largest absolute Gasteiger partial charge is 0.493 e. The molecule has 5 nitrogen and oxygen atoms in total. The Bertz CT molecular complexity index is 599. The van der Waals surface area contributed by atoms with Crippen LogP contribution in [0.5, 0.6) is 11.5 Å². The van der Waals surface area contributed by atoms with Crippen LogP contribution in [0.3, 0.4) is 0 Å². The van der Waals surface area contributed by atoms with Gasteiger partial charge in [-0.3, -0.25) is 4.68 Å². The Morgan fingerprint density at radius 2 is 2.05 bits per heavy atom. The zero-order valence-electron chi connectivity index (χ0n) is 12.5. The van der Waals surface area contributed by atoms with Gasteiger partial charge < -0.3 is 14.8 Å². The zero-order valence-corrected chi connectivity index (χ0v) is 14.1. The lowest BCUT2D eigenvalue weighted by Gasteiger charge is -2.13. The van der Waals surface area contributed by atoms with Gasteiger partial charge in [-0.15, -0.1) is 0 Å². The van der Waals surface area contributed by atoms with Crippen LogP contribution < -0.4 is 14.8 Å². The Hall–Kier alpha value is -1.53. The number of rotatable bonds is 7. The van der Waals surface area contributed by atoms with Gasteiger partial charge in [0, 0.05) is 31.9 Å². The molecule has 114 valence electrons. The van der Waals surface area contributed by atoms with Crippen LogP contribution >= 0.6 is 15.9 Å². The van der Waals surface area contributed by atoms with Gasteiger partial charge in [0.25, 0.3) is 0 Å². The molecule has 2 rings (SSSR count). The Kier molecular flexibility index (Phi) is 5.64. The van der Waals surface area contributed by atoms with Crippen LogP contribution in [-0.2, 0) is 20.1 Å². The Balaban J connectivity index is 2.01. The second-order valence-electron chi connectivity index (χ2n) is 4.67. The zero-order chi connectivity index (χ0) is 15.2. The van der Waals surface area contributed by atoms with Crippen LogP contribution in [0.1, 0.15) is 18.1 Å². The molecule has 1 heterocycles. The van der Waals surface area contributed by atoms with E-state index in [2.05, 4.69) is 26.3 Å². The van der Waals surface area contributed by atoms with Crippen LogP contribution in [0.2, 0.25) is 0 Å². The van der Waals surface area contributed by atoms with Gasteiger partial charge in [0.2, 0.25) is 0 Å². The van der Waals surface area contributed by atoms with E-state index >= 15 is 0 Å². The molecule has 0 bridgehead atoms. The van der Waals surface area contributed by atoms with E-state index in [-0.39, 0.29) is 0 Å². The summed E-state index contributed by atoms with van der Waals surface area (Å²) >= 11 is 3.53. The van der Waals surface area contributed by atoms with Gasteiger partial charge >= 0.3 is 0 Å². The van der Waals surface area contributed by atoms with Gasteiger partial charge in [0.15, 0.2) is 11.5 Å². The van der Waals surface area contributed by atoms with Crippen LogP contribution in [0, 0.1) is 0 Å². The third-order valence-electron chi connectivity index (χ3n) is 2.99. The molecule has 21 heavy (non-hydrogen) atoms. The highest BCUT2D eigenvalue weighted by molar-refractivity contribution is 9.10. The van der Waals surface area contributed by atoms with Gasteiger partial charge in [-0.25, -0.2) is 0 Å². The molecule has 0 saturated carbocycles. The summed E-state index contributed by atoms with van der Waals surface area (Å²) in [6, 6.07) is 4.04. The number of methoxy groups -OCH3 is 1. The fraction of sp³-hybridized carbons (Fsp3) is 0.400. The van der Waals surface area contributed by atoms with Crippen molar-refractivity contribution < 1.29 is 9.47 Å². The normalized spacial score (nSPS) is 10.7. The van der Waals surface area contributed by atoms with Crippen molar-refractivity contribution in [3.8, 4) is 11.5 Å². The number of aromatic nitrogens is 2. The minimum absolute atomic E-state index is 0.605. The number of nitrogens with one attached hydrogen (secondary N) is 1. The molecule has 0 atom stereocenters. The number of benzene rings is 1. The first-order valence-electron chi connectivity index (χ1n) is 6.81. The summed E-state index contributed by atoms with van der Waals surface area (Å²) in [6.45, 7) is 4.08. The molecular weight excluding hydrogens is 334 g/mol. The summed E-state index contributed by atoms with van der Waals surface area (Å²) in [5.41, 5.74) is 2.29. The molecule has 1 aromatic carbocycles. The first kappa shape index (κ1) is 15.9. The summed E-state index contributed by atoms with van der Waals surface area (Å²) in [7, 11) is 3.56. The molecule has 6 heteroatoms. The Morgan fingerprint density at radius 1 is 1.29 bits per heavy atom. The quantitative estimate of drug-likeness (QED) is 0.831. The van der Waals surface area contributed by atoms with Crippen molar-refractivity contribution >= 4 is 15.9 Å². The van der Waals surface area contributed by atoms with Gasteiger partial charge in [-0.05, 0) is 40.5 Å². The van der Waals surface area contributed by atoms with E-state index in [4.69, 9.17) is 9.47 Å². The van der Waals surface area contributed by atoms with E-state index in [1.54, 1.807) is 11.8 Å². The molecule has 0 fully saturated rings. The summed E-state index contributed by atoms with van der Waals surface area (Å²) < 4.78 is 13.7. The highest BCUT2D eigenvalue weighted by Gasteiger charge is 2.11. The fourth-order valence-electron chi connectivity index (χ4n) is 2.07. The van der Waals surface area contributed by atoms with Crippen LogP contribution in [0.25, 0.3) is 0 Å². The summed E-state index contributed by atoms with van der Waals surface area (Å²) in [4.78, 5) is 0. The number of halogens is 1. The highest BCUT2D eigenvalue weighted by Crippen LogP contribution is 2.36. The lowest BCUT2D eigenvalue weighted by Crippen LogP contribution is -2.12. The van der Waals surface area contributed by atoms with Crippen molar-refractivity contribution in [1.82, 2.24) is 15.1 Å². The predicted octanol–water partition coefficient (Wildman–Crippen LogP) is 2.88. The molecule has 0 radical (unpaired) electrons. The molecule has 0 saturated heterocycles. The van der Waals surface area contributed by atoms with Crippen LogP contribution in [0.15, 0.2) is 29.0 Å². The van der Waals surface area contributed by atoms with Crippen molar-refractivity contribution in [3.05, 3.63) is 40.1 Å². The number of aryl methyl sites for hydroxylation is 1. The van der Waals surface area contributed by atoms with Crippen molar-refractivity contribution in [2.45, 2.75) is 20.0 Å². The second kappa shape index (κ2) is 7.47. The average Bonchev–Trinajstić information content (AvgIpc) is 2.87. The van der Waals surface area contributed by atoms with Crippen molar-refractivity contribution in [1.29, 1.82) is 0 Å². The van der Waals surface area contributed by atoms with E-state index in [9.17, 15) is 0 Å². The van der Waals surface area contributed by atoms with Crippen molar-refractivity contribution in [2.24, 2.45) is 7.05 Å². The van der Waals surface area contributed by atoms with Gasteiger partial charge in [0.05, 0.1) is 24.4 Å². The molecule has 2 aromatic rings. The third kappa shape index (κ3) is 4.22. The highest BCUT2D eigenvalue weighted by atomic mass is 79.9. The average molecular weight is 354 g/mol. The summed E-state index contributed by atoms with van der Waals surface area (Å²) in [6.07, 6.45) is 3.86. The molecule has 0 aliphatic carbocycles. The molecule has 0 spiro atoms.